The number of hydrogen-bond acceptors (Lipinski definition) is 6. The van der Waals surface area contributed by atoms with Crippen LogP contribution in [0.25, 0.3) is 0 Å². The molecule has 2 rings (SSSR count). The molecule has 0 spiro atoms. The highest BCUT2D eigenvalue weighted by atomic mass is 32.2. The number of nitrogens with zero attached hydrogens (tertiary/aromatic N) is 2. The molecular formula is C12H16N2O5S. The van der Waals surface area contributed by atoms with Crippen molar-refractivity contribution >= 4 is 21.2 Å². The third-order valence-electron chi connectivity index (χ3n) is 3.50. The van der Waals surface area contributed by atoms with Crippen molar-refractivity contribution in [2.24, 2.45) is 0 Å². The number of sulfone groups is 1. The molecule has 1 saturated heterocycles. The Labute approximate surface area is 116 Å². The Bertz CT molecular complexity index is 629. The molecular weight excluding hydrogens is 284 g/mol. The Hall–Kier alpha value is -1.67. The van der Waals surface area contributed by atoms with Crippen LogP contribution in [0.15, 0.2) is 18.2 Å². The molecule has 7 nitrogen and oxygen atoms in total. The van der Waals surface area contributed by atoms with E-state index in [1.165, 1.54) is 12.1 Å². The number of benzene rings is 1. The lowest BCUT2D eigenvalue weighted by molar-refractivity contribution is -0.384. The summed E-state index contributed by atoms with van der Waals surface area (Å²) < 4.78 is 23.4. The van der Waals surface area contributed by atoms with Gasteiger partial charge in [0.25, 0.3) is 5.69 Å². The fraction of sp³-hybridized carbons (Fsp3) is 0.500. The van der Waals surface area contributed by atoms with Gasteiger partial charge in [0.15, 0.2) is 9.84 Å². The molecule has 1 fully saturated rings. The van der Waals surface area contributed by atoms with Crippen LogP contribution < -0.4 is 4.90 Å². The number of nitro groups is 1. The van der Waals surface area contributed by atoms with Gasteiger partial charge < -0.3 is 10.0 Å². The monoisotopic (exact) mass is 300 g/mol. The molecule has 0 amide bonds. The van der Waals surface area contributed by atoms with Crippen LogP contribution in [-0.4, -0.2) is 42.5 Å². The van der Waals surface area contributed by atoms with E-state index in [-0.39, 0.29) is 31.1 Å². The van der Waals surface area contributed by atoms with Gasteiger partial charge in [-0.25, -0.2) is 8.42 Å². The molecule has 8 heteroatoms. The molecule has 1 atom stereocenters. The van der Waals surface area contributed by atoms with E-state index in [1.807, 2.05) is 0 Å². The maximum Gasteiger partial charge on any atom is 0.292 e. The topological polar surface area (TPSA) is 101 Å². The smallest absolute Gasteiger partial charge is 0.292 e. The van der Waals surface area contributed by atoms with Gasteiger partial charge in [0.2, 0.25) is 0 Å². The highest BCUT2D eigenvalue weighted by Gasteiger charge is 2.32. The summed E-state index contributed by atoms with van der Waals surface area (Å²) in [5.41, 5.74) is 0.851. The third-order valence-corrected chi connectivity index (χ3v) is 5.62. The normalized spacial score (nSPS) is 21.7. The number of hydrogen-bond donors (Lipinski definition) is 1. The van der Waals surface area contributed by atoms with E-state index in [1.54, 1.807) is 17.9 Å². The minimum absolute atomic E-state index is 0.0192. The Morgan fingerprint density at radius 2 is 2.20 bits per heavy atom. The predicted octanol–water partition coefficient (Wildman–Crippen LogP) is 0.710. The molecule has 0 saturated carbocycles. The van der Waals surface area contributed by atoms with Crippen LogP contribution in [-0.2, 0) is 16.4 Å². The summed E-state index contributed by atoms with van der Waals surface area (Å²) in [5.74, 6) is -0.0192. The predicted molar refractivity (Wildman–Crippen MR) is 74.5 cm³/mol. The molecule has 0 aromatic heterocycles. The summed E-state index contributed by atoms with van der Waals surface area (Å²) in [6.45, 7) is 1.83. The molecule has 20 heavy (non-hydrogen) atoms. The molecule has 1 aliphatic heterocycles. The molecule has 0 radical (unpaired) electrons. The van der Waals surface area contributed by atoms with Crippen LogP contribution in [0, 0.1) is 10.1 Å². The van der Waals surface area contributed by atoms with Crippen LogP contribution in [0.3, 0.4) is 0 Å². The second-order valence-electron chi connectivity index (χ2n) is 4.86. The first-order valence-electron chi connectivity index (χ1n) is 6.20. The van der Waals surface area contributed by atoms with E-state index in [2.05, 4.69) is 0 Å². The summed E-state index contributed by atoms with van der Waals surface area (Å²) in [4.78, 5) is 12.3. The minimum Gasteiger partial charge on any atom is -0.392 e. The van der Waals surface area contributed by atoms with Gasteiger partial charge in [-0.15, -0.1) is 0 Å². The van der Waals surface area contributed by atoms with E-state index in [0.717, 1.165) is 0 Å². The zero-order valence-corrected chi connectivity index (χ0v) is 11.8. The van der Waals surface area contributed by atoms with Gasteiger partial charge in [-0.05, 0) is 24.6 Å². The number of anilines is 1. The van der Waals surface area contributed by atoms with E-state index in [4.69, 9.17) is 5.11 Å². The molecule has 0 aliphatic carbocycles. The Balaban J connectivity index is 2.39. The van der Waals surface area contributed by atoms with Gasteiger partial charge in [-0.1, -0.05) is 0 Å². The summed E-state index contributed by atoms with van der Waals surface area (Å²) in [5, 5.41) is 19.7. The molecule has 1 aromatic carbocycles. The van der Waals surface area contributed by atoms with Gasteiger partial charge in [0, 0.05) is 19.2 Å². The zero-order chi connectivity index (χ0) is 14.9. The molecule has 1 aromatic rings. The van der Waals surface area contributed by atoms with Gasteiger partial charge in [-0.2, -0.15) is 0 Å². The molecule has 110 valence electrons. The van der Waals surface area contributed by atoms with Crippen molar-refractivity contribution in [2.75, 3.05) is 23.7 Å². The lowest BCUT2D eigenvalue weighted by Crippen LogP contribution is -2.45. The van der Waals surface area contributed by atoms with E-state index >= 15 is 0 Å². The molecule has 1 aliphatic rings. The summed E-state index contributed by atoms with van der Waals surface area (Å²) in [6.07, 6.45) is 0. The van der Waals surface area contributed by atoms with Gasteiger partial charge in [0.1, 0.15) is 5.69 Å². The van der Waals surface area contributed by atoms with Crippen molar-refractivity contribution in [3.05, 3.63) is 33.9 Å². The van der Waals surface area contributed by atoms with Crippen molar-refractivity contribution in [2.45, 2.75) is 18.8 Å². The summed E-state index contributed by atoms with van der Waals surface area (Å²) in [6, 6.07) is 4.38. The fourth-order valence-corrected chi connectivity index (χ4v) is 3.53. The zero-order valence-electron chi connectivity index (χ0n) is 11.0. The van der Waals surface area contributed by atoms with Crippen molar-refractivity contribution in [3.8, 4) is 0 Å². The number of aliphatic hydroxyl groups excluding tert-OH is 1. The van der Waals surface area contributed by atoms with Gasteiger partial charge in [0.05, 0.1) is 22.5 Å². The molecule has 1 N–H and O–H groups in total. The Morgan fingerprint density at radius 1 is 1.50 bits per heavy atom. The highest BCUT2D eigenvalue weighted by Crippen LogP contribution is 2.31. The van der Waals surface area contributed by atoms with Crippen molar-refractivity contribution in [3.63, 3.8) is 0 Å². The molecule has 0 bridgehead atoms. The SMILES string of the molecule is CC1CN(c2cc(CO)ccc2[N+](=O)[O-])CCS1(=O)=O. The summed E-state index contributed by atoms with van der Waals surface area (Å²) in [7, 11) is -3.11. The fourth-order valence-electron chi connectivity index (χ4n) is 2.25. The van der Waals surface area contributed by atoms with Crippen molar-refractivity contribution in [1.82, 2.24) is 0 Å². The number of aliphatic hydroxyl groups is 1. The highest BCUT2D eigenvalue weighted by molar-refractivity contribution is 7.92. The lowest BCUT2D eigenvalue weighted by Gasteiger charge is -2.32. The Kier molecular flexibility index (Phi) is 3.96. The summed E-state index contributed by atoms with van der Waals surface area (Å²) >= 11 is 0. The maximum atomic E-state index is 11.7. The average molecular weight is 300 g/mol. The first-order chi connectivity index (χ1) is 9.35. The van der Waals surface area contributed by atoms with Crippen molar-refractivity contribution < 1.29 is 18.4 Å². The van der Waals surface area contributed by atoms with E-state index in [9.17, 15) is 18.5 Å². The molecule has 1 heterocycles. The van der Waals surface area contributed by atoms with E-state index in [0.29, 0.717) is 11.3 Å². The second-order valence-corrected chi connectivity index (χ2v) is 7.40. The van der Waals surface area contributed by atoms with E-state index < -0.39 is 20.0 Å². The largest absolute Gasteiger partial charge is 0.392 e. The van der Waals surface area contributed by atoms with Crippen LogP contribution >= 0.6 is 0 Å². The van der Waals surface area contributed by atoms with Gasteiger partial charge in [-0.3, -0.25) is 10.1 Å². The maximum absolute atomic E-state index is 11.7. The van der Waals surface area contributed by atoms with Crippen LogP contribution in [0.5, 0.6) is 0 Å². The van der Waals surface area contributed by atoms with Crippen LogP contribution in [0.4, 0.5) is 11.4 Å². The average Bonchev–Trinajstić information content (AvgIpc) is 2.41. The Morgan fingerprint density at radius 3 is 2.75 bits per heavy atom. The quantitative estimate of drug-likeness (QED) is 0.651. The van der Waals surface area contributed by atoms with Crippen LogP contribution in [0.1, 0.15) is 12.5 Å². The molecule has 1 unspecified atom stereocenters. The lowest BCUT2D eigenvalue weighted by atomic mass is 10.1. The first kappa shape index (κ1) is 14.7. The third kappa shape index (κ3) is 2.75. The standard InChI is InChI=1S/C12H16N2O5S/c1-9-7-13(4-5-20(9,18)19)12-6-10(8-15)2-3-11(12)14(16)17/h2-3,6,9,15H,4-5,7-8H2,1H3. The van der Waals surface area contributed by atoms with Crippen molar-refractivity contribution in [1.29, 1.82) is 0 Å². The number of nitro benzene ring substituents is 1. The van der Waals surface area contributed by atoms with Gasteiger partial charge >= 0.3 is 0 Å². The number of rotatable bonds is 3. The minimum atomic E-state index is -3.11. The second kappa shape index (κ2) is 5.37. The first-order valence-corrected chi connectivity index (χ1v) is 7.91. The van der Waals surface area contributed by atoms with Crippen LogP contribution in [0.2, 0.25) is 0 Å².